The van der Waals surface area contributed by atoms with Crippen LogP contribution in [0.4, 0.5) is 0 Å². The van der Waals surface area contributed by atoms with E-state index in [1.165, 1.54) is 5.56 Å². The maximum Gasteiger partial charge on any atom is 0.174 e. The van der Waals surface area contributed by atoms with Gasteiger partial charge in [-0.3, -0.25) is 9.69 Å². The van der Waals surface area contributed by atoms with Crippen LogP contribution in [0, 0.1) is 0 Å². The number of rotatable bonds is 1. The molecule has 2 heterocycles. The molecule has 120 valence electrons. The molecule has 2 spiro atoms. The average Bonchev–Trinajstić information content (AvgIpc) is 3.01. The number of benzene rings is 1. The second-order valence-electron chi connectivity index (χ2n) is 7.86. The molecule has 7 rings (SSSR count). The van der Waals surface area contributed by atoms with Gasteiger partial charge in [-0.25, -0.2) is 0 Å². The number of aliphatic hydroxyl groups is 1. The van der Waals surface area contributed by atoms with E-state index in [-0.39, 0.29) is 11.3 Å². The van der Waals surface area contributed by atoms with Crippen molar-refractivity contribution in [2.45, 2.75) is 54.4 Å². The zero-order valence-corrected chi connectivity index (χ0v) is 13.3. The predicted octanol–water partition coefficient (Wildman–Crippen LogP) is 0.801. The van der Waals surface area contributed by atoms with Crippen molar-refractivity contribution in [3.05, 3.63) is 23.3 Å². The fourth-order valence-corrected chi connectivity index (χ4v) is 6.58. The molecule has 5 nitrogen and oxygen atoms in total. The van der Waals surface area contributed by atoms with Crippen molar-refractivity contribution in [3.8, 4) is 11.5 Å². The minimum absolute atomic E-state index is 0.121. The summed E-state index contributed by atoms with van der Waals surface area (Å²) in [6.45, 7) is 0. The van der Waals surface area contributed by atoms with Gasteiger partial charge in [0.2, 0.25) is 0 Å². The van der Waals surface area contributed by atoms with Crippen LogP contribution in [0.15, 0.2) is 12.1 Å². The Morgan fingerprint density at radius 3 is 3.04 bits per heavy atom. The van der Waals surface area contributed by atoms with Gasteiger partial charge in [0.15, 0.2) is 23.4 Å². The van der Waals surface area contributed by atoms with Gasteiger partial charge >= 0.3 is 0 Å². The van der Waals surface area contributed by atoms with E-state index in [1.54, 1.807) is 7.11 Å². The minimum atomic E-state index is -0.860. The zero-order chi connectivity index (χ0) is 15.8. The Morgan fingerprint density at radius 2 is 2.26 bits per heavy atom. The highest BCUT2D eigenvalue weighted by atomic mass is 16.5. The molecule has 1 aromatic carbocycles. The van der Waals surface area contributed by atoms with Gasteiger partial charge in [0.25, 0.3) is 0 Å². The molecule has 2 saturated carbocycles. The van der Waals surface area contributed by atoms with E-state index in [9.17, 15) is 9.90 Å². The van der Waals surface area contributed by atoms with Crippen LogP contribution < -0.4 is 9.47 Å². The number of likely N-dealkylation sites (N-methyl/N-ethyl adjacent to an activating group) is 1. The molecule has 0 amide bonds. The van der Waals surface area contributed by atoms with Gasteiger partial charge in [-0.05, 0) is 37.9 Å². The van der Waals surface area contributed by atoms with E-state index in [2.05, 4.69) is 18.0 Å². The maximum atomic E-state index is 12.6. The summed E-state index contributed by atoms with van der Waals surface area (Å²) < 4.78 is 11.6. The summed E-state index contributed by atoms with van der Waals surface area (Å²) >= 11 is 0. The number of nitrogens with zero attached hydrogens (tertiary/aromatic N) is 1. The van der Waals surface area contributed by atoms with Gasteiger partial charge in [-0.2, -0.15) is 0 Å². The average molecular weight is 313 g/mol. The van der Waals surface area contributed by atoms with Gasteiger partial charge in [0.1, 0.15) is 0 Å². The molecule has 6 aliphatic rings. The van der Waals surface area contributed by atoms with Gasteiger partial charge < -0.3 is 14.6 Å². The third-order valence-electron chi connectivity index (χ3n) is 7.58. The van der Waals surface area contributed by atoms with Crippen molar-refractivity contribution in [1.82, 2.24) is 4.90 Å². The molecule has 0 aromatic heterocycles. The quantitative estimate of drug-likeness (QED) is 0.777. The number of hydrogen-bond acceptors (Lipinski definition) is 5. The standard InChI is InChI=1S/C18H19NO4/c1-19-12-7-9-3-4-11(22-2)14-13(9)16-8-17(12,19)18(16,21)6-5-10(20)15(16)23-14/h3-4,12,15,21H,5-8H2,1-2H3. The van der Waals surface area contributed by atoms with Crippen molar-refractivity contribution in [1.29, 1.82) is 0 Å². The number of Topliss-reactive ketones (excluding diaryl/α,β-unsaturated/α-hetero) is 1. The second kappa shape index (κ2) is 3.28. The summed E-state index contributed by atoms with van der Waals surface area (Å²) in [6, 6.07) is 4.40. The van der Waals surface area contributed by atoms with Gasteiger partial charge in [-0.1, -0.05) is 6.07 Å². The third kappa shape index (κ3) is 0.948. The lowest BCUT2D eigenvalue weighted by atomic mass is 9.41. The van der Waals surface area contributed by atoms with Crippen molar-refractivity contribution < 1.29 is 19.4 Å². The second-order valence-corrected chi connectivity index (χ2v) is 7.86. The van der Waals surface area contributed by atoms with Crippen LogP contribution in [-0.4, -0.2) is 53.2 Å². The van der Waals surface area contributed by atoms with Crippen molar-refractivity contribution in [3.63, 3.8) is 0 Å². The smallest absolute Gasteiger partial charge is 0.174 e. The molecule has 1 saturated heterocycles. The van der Waals surface area contributed by atoms with Crippen molar-refractivity contribution in [2.24, 2.45) is 0 Å². The molecule has 1 aromatic rings. The molecule has 6 unspecified atom stereocenters. The molecule has 1 N–H and O–H groups in total. The normalized spacial score (nSPS) is 50.2. The lowest BCUT2D eigenvalue weighted by Gasteiger charge is -2.64. The summed E-state index contributed by atoms with van der Waals surface area (Å²) in [6.07, 6.45) is 2.13. The first kappa shape index (κ1) is 12.8. The lowest BCUT2D eigenvalue weighted by Crippen LogP contribution is -2.80. The number of carbonyl (C=O) groups excluding carboxylic acids is 1. The summed E-state index contributed by atoms with van der Waals surface area (Å²) in [5, 5.41) is 11.8. The van der Waals surface area contributed by atoms with Crippen LogP contribution in [0.25, 0.3) is 0 Å². The molecule has 2 aliphatic heterocycles. The monoisotopic (exact) mass is 313 g/mol. The van der Waals surface area contributed by atoms with Crippen LogP contribution in [0.2, 0.25) is 0 Å². The summed E-state index contributed by atoms with van der Waals surface area (Å²) in [7, 11) is 3.73. The fourth-order valence-electron chi connectivity index (χ4n) is 6.58. The van der Waals surface area contributed by atoms with Crippen LogP contribution in [-0.2, 0) is 16.6 Å². The number of hydrogen-bond donors (Lipinski definition) is 1. The van der Waals surface area contributed by atoms with Crippen LogP contribution in [0.1, 0.15) is 30.4 Å². The summed E-state index contributed by atoms with van der Waals surface area (Å²) in [4.78, 5) is 14.9. The first-order chi connectivity index (χ1) is 11.0. The maximum absolute atomic E-state index is 12.6. The molecular weight excluding hydrogens is 294 g/mol. The number of ether oxygens (including phenoxy) is 2. The molecular formula is C18H19NO4. The van der Waals surface area contributed by atoms with E-state index in [0.717, 1.165) is 18.4 Å². The van der Waals surface area contributed by atoms with E-state index >= 15 is 0 Å². The number of methoxy groups -OCH3 is 1. The topological polar surface area (TPSA) is 58.8 Å². The summed E-state index contributed by atoms with van der Waals surface area (Å²) in [5.74, 6) is 1.49. The predicted molar refractivity (Wildman–Crippen MR) is 80.9 cm³/mol. The molecule has 0 radical (unpaired) electrons. The molecule has 6 atom stereocenters. The fraction of sp³-hybridized carbons (Fsp3) is 0.611. The first-order valence-electron chi connectivity index (χ1n) is 8.36. The van der Waals surface area contributed by atoms with Crippen LogP contribution >= 0.6 is 0 Å². The molecule has 5 heteroatoms. The molecule has 2 bridgehead atoms. The highest BCUT2D eigenvalue weighted by molar-refractivity contribution is 5.91. The lowest BCUT2D eigenvalue weighted by molar-refractivity contribution is -0.209. The first-order valence-corrected chi connectivity index (χ1v) is 8.36. The Labute approximate surface area is 134 Å². The number of carbonyl (C=O) groups is 1. The van der Waals surface area contributed by atoms with Crippen LogP contribution in [0.5, 0.6) is 11.5 Å². The largest absolute Gasteiger partial charge is 0.493 e. The SMILES string of the molecule is COc1ccc2c3c1OC1C(=O)CCC4(O)C31CC41C(C2)N1C. The number of ketones is 1. The Kier molecular flexibility index (Phi) is 1.82. The van der Waals surface area contributed by atoms with Crippen molar-refractivity contribution >= 4 is 5.78 Å². The Morgan fingerprint density at radius 1 is 1.43 bits per heavy atom. The molecule has 4 aliphatic carbocycles. The third-order valence-corrected chi connectivity index (χ3v) is 7.58. The Hall–Kier alpha value is -1.59. The Balaban J connectivity index is 1.71. The highest BCUT2D eigenvalue weighted by Gasteiger charge is 2.91. The molecule has 3 fully saturated rings. The Bertz CT molecular complexity index is 806. The summed E-state index contributed by atoms with van der Waals surface area (Å²) in [5.41, 5.74) is 0.680. The zero-order valence-electron chi connectivity index (χ0n) is 13.3. The van der Waals surface area contributed by atoms with Gasteiger partial charge in [0.05, 0.1) is 23.7 Å². The van der Waals surface area contributed by atoms with E-state index in [4.69, 9.17) is 9.47 Å². The minimum Gasteiger partial charge on any atom is -0.493 e. The molecule has 23 heavy (non-hydrogen) atoms. The van der Waals surface area contributed by atoms with E-state index in [0.29, 0.717) is 30.4 Å². The van der Waals surface area contributed by atoms with Crippen molar-refractivity contribution in [2.75, 3.05) is 14.2 Å². The van der Waals surface area contributed by atoms with Crippen LogP contribution in [0.3, 0.4) is 0 Å². The van der Waals surface area contributed by atoms with Gasteiger partial charge in [-0.15, -0.1) is 0 Å². The van der Waals surface area contributed by atoms with E-state index in [1.807, 2.05) is 6.07 Å². The van der Waals surface area contributed by atoms with E-state index < -0.39 is 17.1 Å². The highest BCUT2D eigenvalue weighted by Crippen LogP contribution is 2.78. The van der Waals surface area contributed by atoms with Gasteiger partial charge in [0, 0.05) is 18.0 Å².